The van der Waals surface area contributed by atoms with Gasteiger partial charge in [-0.2, -0.15) is 0 Å². The van der Waals surface area contributed by atoms with Crippen LogP contribution in [0.4, 0.5) is 5.82 Å². The van der Waals surface area contributed by atoms with Gasteiger partial charge in [0.1, 0.15) is 11.8 Å². The van der Waals surface area contributed by atoms with Crippen LogP contribution in [-0.2, 0) is 9.53 Å². The normalized spacial score (nSPS) is 21.8. The standard InChI is InChI=1S/C17H25N7O2/c25-17(18-3-5-23-6-8-26-9-7-23)13-2-1-4-24(10-13)16-14-15(20-11-19-14)21-12-22-16/h11-13H,1-10H2,(H,18,25)(H,19,20,21,22)/t13-/m1/s1. The summed E-state index contributed by atoms with van der Waals surface area (Å²) in [7, 11) is 0. The lowest BCUT2D eigenvalue weighted by atomic mass is 9.97. The lowest BCUT2D eigenvalue weighted by Crippen LogP contribution is -2.46. The molecule has 1 amide bonds. The van der Waals surface area contributed by atoms with Gasteiger partial charge in [-0.1, -0.05) is 0 Å². The van der Waals surface area contributed by atoms with Crippen molar-refractivity contribution in [3.05, 3.63) is 12.7 Å². The van der Waals surface area contributed by atoms with Gasteiger partial charge in [-0.05, 0) is 12.8 Å². The summed E-state index contributed by atoms with van der Waals surface area (Å²) in [5, 5.41) is 3.10. The number of aromatic nitrogens is 4. The molecule has 0 aromatic carbocycles. The maximum absolute atomic E-state index is 12.6. The number of amides is 1. The highest BCUT2D eigenvalue weighted by Gasteiger charge is 2.27. The molecule has 140 valence electrons. The van der Waals surface area contributed by atoms with E-state index >= 15 is 0 Å². The first-order valence-corrected chi connectivity index (χ1v) is 9.28. The SMILES string of the molecule is O=C(NCCN1CCOCC1)[C@@H]1CCCN(c2ncnc3nc[nH]c23)C1. The predicted molar refractivity (Wildman–Crippen MR) is 96.9 cm³/mol. The fraction of sp³-hybridized carbons (Fsp3) is 0.647. The smallest absolute Gasteiger partial charge is 0.224 e. The fourth-order valence-electron chi connectivity index (χ4n) is 3.68. The summed E-state index contributed by atoms with van der Waals surface area (Å²) < 4.78 is 5.35. The van der Waals surface area contributed by atoms with Crippen LogP contribution in [0.3, 0.4) is 0 Å². The summed E-state index contributed by atoms with van der Waals surface area (Å²) in [6, 6.07) is 0. The van der Waals surface area contributed by atoms with E-state index in [1.807, 2.05) is 0 Å². The molecule has 1 atom stereocenters. The Hall–Kier alpha value is -2.26. The van der Waals surface area contributed by atoms with E-state index < -0.39 is 0 Å². The molecule has 4 heterocycles. The van der Waals surface area contributed by atoms with Crippen LogP contribution in [0.2, 0.25) is 0 Å². The molecule has 2 aromatic heterocycles. The molecule has 2 aliphatic heterocycles. The Morgan fingerprint density at radius 1 is 1.27 bits per heavy atom. The van der Waals surface area contributed by atoms with Crippen molar-refractivity contribution in [3.8, 4) is 0 Å². The number of nitrogens with zero attached hydrogens (tertiary/aromatic N) is 5. The highest BCUT2D eigenvalue weighted by atomic mass is 16.5. The van der Waals surface area contributed by atoms with Crippen LogP contribution in [0.1, 0.15) is 12.8 Å². The number of piperidine rings is 1. The van der Waals surface area contributed by atoms with Crippen molar-refractivity contribution >= 4 is 22.9 Å². The van der Waals surface area contributed by atoms with Crippen molar-refractivity contribution in [2.24, 2.45) is 5.92 Å². The van der Waals surface area contributed by atoms with Gasteiger partial charge in [0.15, 0.2) is 11.5 Å². The molecule has 2 N–H and O–H groups in total. The fourth-order valence-corrected chi connectivity index (χ4v) is 3.68. The van der Waals surface area contributed by atoms with Crippen LogP contribution in [0.15, 0.2) is 12.7 Å². The number of ether oxygens (including phenoxy) is 1. The Labute approximate surface area is 152 Å². The molecule has 0 radical (unpaired) electrons. The highest BCUT2D eigenvalue weighted by Crippen LogP contribution is 2.25. The second-order valence-electron chi connectivity index (χ2n) is 6.83. The van der Waals surface area contributed by atoms with Gasteiger partial charge in [0.05, 0.1) is 25.5 Å². The molecular weight excluding hydrogens is 334 g/mol. The first-order chi connectivity index (χ1) is 12.8. The number of imidazole rings is 1. The third-order valence-corrected chi connectivity index (χ3v) is 5.13. The Kier molecular flexibility index (Phi) is 5.26. The second-order valence-corrected chi connectivity index (χ2v) is 6.83. The molecule has 0 bridgehead atoms. The minimum Gasteiger partial charge on any atom is -0.379 e. The number of H-pyrrole nitrogens is 1. The van der Waals surface area contributed by atoms with E-state index in [9.17, 15) is 4.79 Å². The number of morpholine rings is 1. The Morgan fingerprint density at radius 2 is 2.15 bits per heavy atom. The van der Waals surface area contributed by atoms with E-state index in [0.29, 0.717) is 18.7 Å². The molecule has 2 fully saturated rings. The van der Waals surface area contributed by atoms with Gasteiger partial charge < -0.3 is 19.9 Å². The van der Waals surface area contributed by atoms with Crippen molar-refractivity contribution in [2.45, 2.75) is 12.8 Å². The lowest BCUT2D eigenvalue weighted by Gasteiger charge is -2.33. The minimum absolute atomic E-state index is 0.0126. The molecule has 0 unspecified atom stereocenters. The number of rotatable bonds is 5. The summed E-state index contributed by atoms with van der Waals surface area (Å²) in [5.41, 5.74) is 1.49. The van der Waals surface area contributed by atoms with Crippen molar-refractivity contribution in [1.29, 1.82) is 0 Å². The number of nitrogens with one attached hydrogen (secondary N) is 2. The van der Waals surface area contributed by atoms with Crippen LogP contribution in [0, 0.1) is 5.92 Å². The van der Waals surface area contributed by atoms with E-state index in [1.54, 1.807) is 6.33 Å². The maximum Gasteiger partial charge on any atom is 0.224 e. The summed E-state index contributed by atoms with van der Waals surface area (Å²) in [5.74, 6) is 0.956. The zero-order valence-electron chi connectivity index (χ0n) is 14.9. The van der Waals surface area contributed by atoms with Crippen LogP contribution < -0.4 is 10.2 Å². The largest absolute Gasteiger partial charge is 0.379 e. The average molecular weight is 359 g/mol. The third-order valence-electron chi connectivity index (χ3n) is 5.13. The summed E-state index contributed by atoms with van der Waals surface area (Å²) in [6.45, 7) is 6.60. The third kappa shape index (κ3) is 3.78. The molecule has 2 aliphatic rings. The monoisotopic (exact) mass is 359 g/mol. The predicted octanol–water partition coefficient (Wildman–Crippen LogP) is 0.0177. The van der Waals surface area contributed by atoms with Gasteiger partial charge >= 0.3 is 0 Å². The van der Waals surface area contributed by atoms with Crippen LogP contribution in [0.25, 0.3) is 11.2 Å². The van der Waals surface area contributed by atoms with E-state index in [2.05, 4.69) is 35.1 Å². The van der Waals surface area contributed by atoms with E-state index in [0.717, 1.165) is 63.6 Å². The highest BCUT2D eigenvalue weighted by molar-refractivity contribution is 5.84. The molecule has 9 nitrogen and oxygen atoms in total. The van der Waals surface area contributed by atoms with Gasteiger partial charge in [0, 0.05) is 39.3 Å². The second kappa shape index (κ2) is 7.96. The van der Waals surface area contributed by atoms with Crippen LogP contribution >= 0.6 is 0 Å². The number of hydrogen-bond acceptors (Lipinski definition) is 7. The topological polar surface area (TPSA) is 99.3 Å². The Bertz CT molecular complexity index is 744. The number of carbonyl (C=O) groups is 1. The van der Waals surface area contributed by atoms with Crippen molar-refractivity contribution in [2.75, 3.05) is 57.4 Å². The molecule has 0 saturated carbocycles. The molecule has 4 rings (SSSR count). The van der Waals surface area contributed by atoms with E-state index in [-0.39, 0.29) is 11.8 Å². The van der Waals surface area contributed by atoms with Gasteiger partial charge in [0.2, 0.25) is 5.91 Å². The lowest BCUT2D eigenvalue weighted by molar-refractivity contribution is -0.125. The Balaban J connectivity index is 1.33. The first-order valence-electron chi connectivity index (χ1n) is 9.28. The van der Waals surface area contributed by atoms with E-state index in [1.165, 1.54) is 6.33 Å². The summed E-state index contributed by atoms with van der Waals surface area (Å²) in [6.07, 6.45) is 5.05. The molecule has 2 aromatic rings. The Morgan fingerprint density at radius 3 is 3.04 bits per heavy atom. The van der Waals surface area contributed by atoms with E-state index in [4.69, 9.17) is 4.74 Å². The maximum atomic E-state index is 12.6. The van der Waals surface area contributed by atoms with Crippen LogP contribution in [0.5, 0.6) is 0 Å². The van der Waals surface area contributed by atoms with Gasteiger partial charge in [0.25, 0.3) is 0 Å². The van der Waals surface area contributed by atoms with Crippen molar-refractivity contribution < 1.29 is 9.53 Å². The summed E-state index contributed by atoms with van der Waals surface area (Å²) in [4.78, 5) is 33.0. The van der Waals surface area contributed by atoms with Gasteiger partial charge in [-0.15, -0.1) is 0 Å². The first kappa shape index (κ1) is 17.2. The van der Waals surface area contributed by atoms with Gasteiger partial charge in [-0.25, -0.2) is 15.0 Å². The zero-order valence-corrected chi connectivity index (χ0v) is 14.9. The number of fused-ring (bicyclic) bond motifs is 1. The number of anilines is 1. The molecule has 26 heavy (non-hydrogen) atoms. The molecule has 0 spiro atoms. The van der Waals surface area contributed by atoms with Crippen molar-refractivity contribution in [1.82, 2.24) is 30.2 Å². The number of aromatic amines is 1. The molecule has 0 aliphatic carbocycles. The molecule has 9 heteroatoms. The molecule has 2 saturated heterocycles. The van der Waals surface area contributed by atoms with Crippen molar-refractivity contribution in [3.63, 3.8) is 0 Å². The van der Waals surface area contributed by atoms with Gasteiger partial charge in [-0.3, -0.25) is 9.69 Å². The number of hydrogen-bond donors (Lipinski definition) is 2. The quantitative estimate of drug-likeness (QED) is 0.776. The number of carbonyl (C=O) groups excluding carboxylic acids is 1. The summed E-state index contributed by atoms with van der Waals surface area (Å²) >= 11 is 0. The molecular formula is C17H25N7O2. The van der Waals surface area contributed by atoms with Crippen LogP contribution in [-0.4, -0.2) is 83.2 Å². The zero-order chi connectivity index (χ0) is 17.8. The minimum atomic E-state index is -0.0126. The average Bonchev–Trinajstić information content (AvgIpc) is 3.18.